The van der Waals surface area contributed by atoms with E-state index in [4.69, 9.17) is 23.2 Å². The minimum absolute atomic E-state index is 0.0807. The van der Waals surface area contributed by atoms with E-state index < -0.39 is 16.9 Å². The third-order valence-corrected chi connectivity index (χ3v) is 5.30. The fourth-order valence-corrected chi connectivity index (χ4v) is 3.64. The molecule has 3 rings (SSSR count). The largest absolute Gasteiger partial charge is 0.327 e. The molecule has 1 atom stereocenters. The second-order valence-electron chi connectivity index (χ2n) is 6.48. The van der Waals surface area contributed by atoms with Crippen LogP contribution in [0.25, 0.3) is 0 Å². The number of nitrogens with zero attached hydrogens (tertiary/aromatic N) is 2. The molecule has 1 aliphatic heterocycles. The van der Waals surface area contributed by atoms with Gasteiger partial charge in [0.05, 0.1) is 26.8 Å². The summed E-state index contributed by atoms with van der Waals surface area (Å²) in [4.78, 5) is 37.8. The van der Waals surface area contributed by atoms with Crippen LogP contribution in [0.15, 0.2) is 36.4 Å². The van der Waals surface area contributed by atoms with Gasteiger partial charge in [0.1, 0.15) is 6.04 Å². The van der Waals surface area contributed by atoms with Gasteiger partial charge in [-0.05, 0) is 44.0 Å². The number of hydrogen-bond donors (Lipinski definition) is 1. The van der Waals surface area contributed by atoms with Gasteiger partial charge >= 0.3 is 0 Å². The van der Waals surface area contributed by atoms with Gasteiger partial charge in [-0.15, -0.1) is 0 Å². The number of benzene rings is 2. The summed E-state index contributed by atoms with van der Waals surface area (Å²) in [5.41, 5.74) is 0.858. The van der Waals surface area contributed by atoms with Gasteiger partial charge in [0.2, 0.25) is 5.91 Å². The van der Waals surface area contributed by atoms with E-state index in [1.54, 1.807) is 19.1 Å². The van der Waals surface area contributed by atoms with Crippen LogP contribution >= 0.6 is 23.2 Å². The number of halogens is 2. The molecule has 2 aromatic rings. The van der Waals surface area contributed by atoms with Gasteiger partial charge < -0.3 is 10.2 Å². The zero-order valence-corrected chi connectivity index (χ0v) is 16.5. The van der Waals surface area contributed by atoms with E-state index in [-0.39, 0.29) is 22.2 Å². The summed E-state index contributed by atoms with van der Waals surface area (Å²) in [5.74, 6) is -0.770. The second-order valence-corrected chi connectivity index (χ2v) is 7.32. The maximum Gasteiger partial charge on any atom is 0.274 e. The number of nitrogens with one attached hydrogen (secondary N) is 1. The Hall–Kier alpha value is -2.64. The molecule has 0 aliphatic carbocycles. The van der Waals surface area contributed by atoms with E-state index >= 15 is 0 Å². The SMILES string of the molecule is Cc1c(NC(=O)C2CCCN2C(=O)c2cc(Cl)ccc2Cl)cccc1[N+](=O)[O-]. The van der Waals surface area contributed by atoms with E-state index in [2.05, 4.69) is 5.32 Å². The molecule has 28 heavy (non-hydrogen) atoms. The molecule has 0 spiro atoms. The van der Waals surface area contributed by atoms with Crippen molar-refractivity contribution in [3.05, 3.63) is 67.7 Å². The molecule has 1 fully saturated rings. The lowest BCUT2D eigenvalue weighted by Gasteiger charge is -2.24. The number of amides is 2. The van der Waals surface area contributed by atoms with E-state index in [1.807, 2.05) is 0 Å². The van der Waals surface area contributed by atoms with Gasteiger partial charge in [0.15, 0.2) is 0 Å². The molecule has 7 nitrogen and oxygen atoms in total. The average Bonchev–Trinajstić information content (AvgIpc) is 3.14. The van der Waals surface area contributed by atoms with Crippen molar-refractivity contribution >= 4 is 46.4 Å². The molecule has 1 N–H and O–H groups in total. The number of carbonyl (C=O) groups excluding carboxylic acids is 2. The van der Waals surface area contributed by atoms with E-state index in [0.717, 1.165) is 0 Å². The fourth-order valence-electron chi connectivity index (χ4n) is 3.27. The van der Waals surface area contributed by atoms with Crippen molar-refractivity contribution in [3.8, 4) is 0 Å². The Morgan fingerprint density at radius 2 is 2.00 bits per heavy atom. The lowest BCUT2D eigenvalue weighted by molar-refractivity contribution is -0.385. The molecule has 1 saturated heterocycles. The Morgan fingerprint density at radius 3 is 2.71 bits per heavy atom. The van der Waals surface area contributed by atoms with E-state index in [9.17, 15) is 19.7 Å². The Bertz CT molecular complexity index is 964. The monoisotopic (exact) mass is 421 g/mol. The minimum atomic E-state index is -0.693. The first-order chi connectivity index (χ1) is 13.3. The molecule has 146 valence electrons. The third-order valence-electron chi connectivity index (χ3n) is 4.73. The number of hydrogen-bond acceptors (Lipinski definition) is 4. The van der Waals surface area contributed by atoms with Crippen molar-refractivity contribution in [1.82, 2.24) is 4.90 Å². The number of anilines is 1. The van der Waals surface area contributed by atoms with E-state index in [1.165, 1.54) is 29.2 Å². The molecule has 2 amide bonds. The number of nitro benzene ring substituents is 1. The minimum Gasteiger partial charge on any atom is -0.327 e. The molecule has 0 saturated carbocycles. The van der Waals surface area contributed by atoms with Crippen LogP contribution in [-0.4, -0.2) is 34.2 Å². The van der Waals surface area contributed by atoms with Crippen LogP contribution in [0.3, 0.4) is 0 Å². The lowest BCUT2D eigenvalue weighted by atomic mass is 10.1. The van der Waals surface area contributed by atoms with Gasteiger partial charge in [-0.1, -0.05) is 29.3 Å². The molecule has 0 radical (unpaired) electrons. The number of rotatable bonds is 4. The smallest absolute Gasteiger partial charge is 0.274 e. The molecule has 1 unspecified atom stereocenters. The highest BCUT2D eigenvalue weighted by atomic mass is 35.5. The van der Waals surface area contributed by atoms with Gasteiger partial charge in [-0.25, -0.2) is 0 Å². The Morgan fingerprint density at radius 1 is 1.25 bits per heavy atom. The van der Waals surface area contributed by atoms with Crippen molar-refractivity contribution in [2.24, 2.45) is 0 Å². The first-order valence-electron chi connectivity index (χ1n) is 8.60. The maximum absolute atomic E-state index is 12.9. The van der Waals surface area contributed by atoms with Crippen LogP contribution in [0.4, 0.5) is 11.4 Å². The quantitative estimate of drug-likeness (QED) is 0.582. The number of nitro groups is 1. The van der Waals surface area contributed by atoms with Crippen molar-refractivity contribution in [2.45, 2.75) is 25.8 Å². The molecule has 0 bridgehead atoms. The Kier molecular flexibility index (Phi) is 5.86. The molecule has 1 heterocycles. The predicted molar refractivity (Wildman–Crippen MR) is 107 cm³/mol. The highest BCUT2D eigenvalue weighted by Gasteiger charge is 2.35. The van der Waals surface area contributed by atoms with Crippen molar-refractivity contribution in [2.75, 3.05) is 11.9 Å². The van der Waals surface area contributed by atoms with Gasteiger partial charge in [-0.2, -0.15) is 0 Å². The zero-order chi connectivity index (χ0) is 20.4. The van der Waals surface area contributed by atoms with Crippen LogP contribution in [0.5, 0.6) is 0 Å². The van der Waals surface area contributed by atoms with Crippen LogP contribution < -0.4 is 5.32 Å². The Labute approximate surface area is 171 Å². The predicted octanol–water partition coefficient (Wildman–Crippen LogP) is 4.45. The van der Waals surface area contributed by atoms with Gasteiger partial charge in [-0.3, -0.25) is 19.7 Å². The maximum atomic E-state index is 12.9. The van der Waals surface area contributed by atoms with Crippen LogP contribution in [-0.2, 0) is 4.79 Å². The highest BCUT2D eigenvalue weighted by Crippen LogP contribution is 2.29. The van der Waals surface area contributed by atoms with Crippen molar-refractivity contribution in [1.29, 1.82) is 0 Å². The van der Waals surface area contributed by atoms with Crippen LogP contribution in [0.2, 0.25) is 10.0 Å². The third kappa shape index (κ3) is 3.95. The average molecular weight is 422 g/mol. The molecule has 1 aliphatic rings. The summed E-state index contributed by atoms with van der Waals surface area (Å²) in [7, 11) is 0. The first kappa shape index (κ1) is 20.1. The van der Waals surface area contributed by atoms with E-state index in [0.29, 0.717) is 35.7 Å². The topological polar surface area (TPSA) is 92.6 Å². The number of likely N-dealkylation sites (tertiary alicyclic amines) is 1. The molecular weight excluding hydrogens is 405 g/mol. The summed E-state index contributed by atoms with van der Waals surface area (Å²) in [6, 6.07) is 8.37. The zero-order valence-electron chi connectivity index (χ0n) is 14.9. The summed E-state index contributed by atoms with van der Waals surface area (Å²) in [6.45, 7) is 1.98. The van der Waals surface area contributed by atoms with Crippen LogP contribution in [0, 0.1) is 17.0 Å². The lowest BCUT2D eigenvalue weighted by Crippen LogP contribution is -2.43. The summed E-state index contributed by atoms with van der Waals surface area (Å²) >= 11 is 12.1. The number of carbonyl (C=O) groups is 2. The summed E-state index contributed by atoms with van der Waals surface area (Å²) in [6.07, 6.45) is 1.15. The Balaban J connectivity index is 1.82. The van der Waals surface area contributed by atoms with Crippen molar-refractivity contribution in [3.63, 3.8) is 0 Å². The molecule has 9 heteroatoms. The summed E-state index contributed by atoms with van der Waals surface area (Å²) in [5, 5.41) is 14.4. The van der Waals surface area contributed by atoms with Gasteiger partial charge in [0, 0.05) is 17.6 Å². The standard InChI is InChI=1S/C19H17Cl2N3O4/c1-11-15(4-2-5-16(11)24(27)28)22-18(25)17-6-3-9-23(17)19(26)13-10-12(20)7-8-14(13)21/h2,4-5,7-8,10,17H,3,6,9H2,1H3,(H,22,25). The molecule has 2 aromatic carbocycles. The molecule has 0 aromatic heterocycles. The second kappa shape index (κ2) is 8.16. The first-order valence-corrected chi connectivity index (χ1v) is 9.36. The summed E-state index contributed by atoms with van der Waals surface area (Å²) < 4.78 is 0. The highest BCUT2D eigenvalue weighted by molar-refractivity contribution is 6.35. The fraction of sp³-hybridized carbons (Fsp3) is 0.263. The van der Waals surface area contributed by atoms with Crippen LogP contribution in [0.1, 0.15) is 28.8 Å². The normalized spacial score (nSPS) is 16.1. The van der Waals surface area contributed by atoms with Gasteiger partial charge in [0.25, 0.3) is 11.6 Å². The van der Waals surface area contributed by atoms with Crippen molar-refractivity contribution < 1.29 is 14.5 Å². The molecular formula is C19H17Cl2N3O4.